The summed E-state index contributed by atoms with van der Waals surface area (Å²) in [7, 11) is 0. The van der Waals surface area contributed by atoms with Gasteiger partial charge in [-0.15, -0.1) is 0 Å². The van der Waals surface area contributed by atoms with Crippen molar-refractivity contribution in [2.45, 2.75) is 137 Å². The zero-order chi connectivity index (χ0) is 45.8. The maximum absolute atomic E-state index is 14.3. The molecule has 0 bridgehead atoms. The van der Waals surface area contributed by atoms with Gasteiger partial charge >= 0.3 is 23.9 Å². The van der Waals surface area contributed by atoms with E-state index in [1.54, 1.807) is 121 Å². The molecular weight excluding hydrogens is 865 g/mol. The van der Waals surface area contributed by atoms with Gasteiger partial charge in [-0.05, 0) is 74.2 Å². The zero-order valence-corrected chi connectivity index (χ0v) is 36.9. The summed E-state index contributed by atoms with van der Waals surface area (Å²) in [5.41, 5.74) is 0.770. The molecule has 67 heavy (non-hydrogen) atoms. The predicted octanol–water partition coefficient (Wildman–Crippen LogP) is 7.51. The molecule has 0 radical (unpaired) electrons. The zero-order valence-electron chi connectivity index (χ0n) is 36.9. The van der Waals surface area contributed by atoms with Gasteiger partial charge in [-0.3, -0.25) is 0 Å². The number of rotatable bonds is 12. The van der Waals surface area contributed by atoms with E-state index in [0.29, 0.717) is 12.8 Å². The Morgan fingerprint density at radius 1 is 0.478 bits per heavy atom. The summed E-state index contributed by atoms with van der Waals surface area (Å²) < 4.78 is 72.1. The number of carbonyl (C=O) groups excluding carboxylic acids is 4. The topological polar surface area (TPSA) is 170 Å². The smallest absolute Gasteiger partial charge is 0.338 e. The summed E-state index contributed by atoms with van der Waals surface area (Å²) in [6.45, 7) is -0.305. The number of hydrogen-bond acceptors (Lipinski definition) is 15. The van der Waals surface area contributed by atoms with Gasteiger partial charge in [-0.2, -0.15) is 0 Å². The Hall–Kier alpha value is -5.52. The minimum Gasteiger partial charge on any atom is -0.459 e. The number of ether oxygens (including phenoxy) is 11. The third-order valence-electron chi connectivity index (χ3n) is 13.4. The Bertz CT molecular complexity index is 2320. The molecule has 0 aromatic heterocycles. The number of carbonyl (C=O) groups is 4. The van der Waals surface area contributed by atoms with Crippen LogP contribution in [0.1, 0.15) is 106 Å². The average molecular weight is 919 g/mol. The largest absolute Gasteiger partial charge is 0.459 e. The highest BCUT2D eigenvalue weighted by molar-refractivity contribution is 5.91. The van der Waals surface area contributed by atoms with Gasteiger partial charge in [-0.25, -0.2) is 19.2 Å². The minimum atomic E-state index is -1.62. The molecule has 2 aliphatic carbocycles. The van der Waals surface area contributed by atoms with Gasteiger partial charge in [0, 0.05) is 25.7 Å². The van der Waals surface area contributed by atoms with Crippen LogP contribution in [0.4, 0.5) is 0 Å². The van der Waals surface area contributed by atoms with Crippen molar-refractivity contribution in [1.29, 1.82) is 0 Å². The van der Waals surface area contributed by atoms with E-state index < -0.39 is 103 Å². The van der Waals surface area contributed by atoms with Gasteiger partial charge in [0.25, 0.3) is 0 Å². The molecule has 352 valence electrons. The molecule has 10 rings (SSSR count). The summed E-state index contributed by atoms with van der Waals surface area (Å²) >= 11 is 0. The fraction of sp³-hybridized carbons (Fsp3) is 0.462. The lowest BCUT2D eigenvalue weighted by Crippen LogP contribution is -2.64. The molecule has 6 aliphatic rings. The molecule has 15 heteroatoms. The van der Waals surface area contributed by atoms with Crippen LogP contribution in [-0.4, -0.2) is 110 Å². The molecule has 4 aliphatic heterocycles. The molecule has 2 spiro atoms. The first-order valence-electron chi connectivity index (χ1n) is 23.4. The van der Waals surface area contributed by atoms with E-state index in [-0.39, 0.29) is 28.9 Å². The monoisotopic (exact) mass is 918 g/mol. The summed E-state index contributed by atoms with van der Waals surface area (Å²) in [5, 5.41) is 0. The van der Waals surface area contributed by atoms with E-state index in [1.165, 1.54) is 0 Å². The van der Waals surface area contributed by atoms with Gasteiger partial charge < -0.3 is 52.1 Å². The van der Waals surface area contributed by atoms with E-state index in [0.717, 1.165) is 51.4 Å². The van der Waals surface area contributed by atoms with Crippen LogP contribution in [0.15, 0.2) is 121 Å². The highest BCUT2D eigenvalue weighted by Gasteiger charge is 2.64. The molecule has 4 aromatic rings. The van der Waals surface area contributed by atoms with Gasteiger partial charge in [-0.1, -0.05) is 85.6 Å². The highest BCUT2D eigenvalue weighted by atomic mass is 16.9. The van der Waals surface area contributed by atoms with Crippen molar-refractivity contribution < 1.29 is 71.3 Å². The molecule has 0 amide bonds. The first-order chi connectivity index (χ1) is 32.8. The molecule has 4 heterocycles. The van der Waals surface area contributed by atoms with Crippen LogP contribution in [0.5, 0.6) is 0 Å². The second-order valence-corrected chi connectivity index (χ2v) is 17.9. The van der Waals surface area contributed by atoms with Crippen LogP contribution >= 0.6 is 0 Å². The summed E-state index contributed by atoms with van der Waals surface area (Å²) in [4.78, 5) is 56.2. The van der Waals surface area contributed by atoms with Crippen molar-refractivity contribution in [2.24, 2.45) is 0 Å². The van der Waals surface area contributed by atoms with Gasteiger partial charge in [0.15, 0.2) is 42.5 Å². The SMILES string of the molecule is O=C(OC[C@H]1O[C@@H](O[C@@H]2[C@H]3OC4(CCCCC4)O[C@H]3O[C@@H]2[C@H]2COC3(CCCCC3)O2)[C@H](OC(=O)c2ccccc2)[C@@H](OC(=O)c2ccccc2)[C@@H]1OC(=O)c1ccccc1)c1ccccc1. The maximum atomic E-state index is 14.3. The molecule has 0 unspecified atom stereocenters. The second-order valence-electron chi connectivity index (χ2n) is 17.9. The Balaban J connectivity index is 1.05. The molecule has 6 fully saturated rings. The lowest BCUT2D eigenvalue weighted by molar-refractivity contribution is -0.325. The van der Waals surface area contributed by atoms with Crippen LogP contribution in [0.25, 0.3) is 0 Å². The van der Waals surface area contributed by atoms with Gasteiger partial charge in [0.1, 0.15) is 37.1 Å². The van der Waals surface area contributed by atoms with Crippen molar-refractivity contribution in [3.63, 3.8) is 0 Å². The average Bonchev–Trinajstić information content (AvgIpc) is 4.04. The predicted molar refractivity (Wildman–Crippen MR) is 234 cm³/mol. The van der Waals surface area contributed by atoms with Crippen molar-refractivity contribution in [2.75, 3.05) is 13.2 Å². The van der Waals surface area contributed by atoms with E-state index in [4.69, 9.17) is 52.1 Å². The normalized spacial score (nSPS) is 30.6. The van der Waals surface area contributed by atoms with Gasteiger partial charge in [0.05, 0.1) is 28.9 Å². The van der Waals surface area contributed by atoms with Crippen LogP contribution in [0.2, 0.25) is 0 Å². The lowest BCUT2D eigenvalue weighted by atomic mass is 9.94. The Morgan fingerprint density at radius 2 is 0.955 bits per heavy atom. The molecule has 0 N–H and O–H groups in total. The Kier molecular flexibility index (Phi) is 13.5. The standard InChI is InChI=1S/C52H54O15/c53-45(33-19-7-1-8-20-33)57-31-37-39(60-46(54)34-21-9-2-10-22-34)41(61-47(55)35-23-11-3-12-24-35)43(62-48(56)36-25-13-4-14-26-36)49(59-37)64-42-40(38-32-58-51(65-38)27-15-5-16-28-51)63-50-44(42)66-52(67-50)29-17-6-18-30-52/h1-4,7-14,19-26,37-44,49-50H,5-6,15-18,27-32H2/t37-,38-,39-,40-,41+,42+,43-,44-,49+,50-/m1/s1. The van der Waals surface area contributed by atoms with E-state index in [2.05, 4.69) is 0 Å². The quantitative estimate of drug-likeness (QED) is 0.101. The first-order valence-corrected chi connectivity index (χ1v) is 23.4. The van der Waals surface area contributed by atoms with E-state index >= 15 is 0 Å². The van der Waals surface area contributed by atoms with Crippen molar-refractivity contribution in [3.8, 4) is 0 Å². The molecule has 4 aromatic carbocycles. The molecule has 4 saturated heterocycles. The van der Waals surface area contributed by atoms with Crippen molar-refractivity contribution in [3.05, 3.63) is 144 Å². The van der Waals surface area contributed by atoms with Gasteiger partial charge in [0.2, 0.25) is 0 Å². The van der Waals surface area contributed by atoms with Crippen LogP contribution in [0, 0.1) is 0 Å². The summed E-state index contributed by atoms with van der Waals surface area (Å²) in [6, 6.07) is 33.0. The number of benzene rings is 4. The molecular formula is C52H54O15. The minimum absolute atomic E-state index is 0.163. The number of esters is 4. The summed E-state index contributed by atoms with van der Waals surface area (Å²) in [5.74, 6) is -4.80. The third-order valence-corrected chi connectivity index (χ3v) is 13.4. The summed E-state index contributed by atoms with van der Waals surface area (Å²) in [6.07, 6.45) is -3.25. The third kappa shape index (κ3) is 9.91. The highest BCUT2D eigenvalue weighted by Crippen LogP contribution is 2.49. The Morgan fingerprint density at radius 3 is 1.49 bits per heavy atom. The van der Waals surface area contributed by atoms with E-state index in [9.17, 15) is 19.2 Å². The maximum Gasteiger partial charge on any atom is 0.338 e. The first kappa shape index (κ1) is 45.3. The Labute approximate surface area is 388 Å². The molecule has 15 nitrogen and oxygen atoms in total. The fourth-order valence-electron chi connectivity index (χ4n) is 10.0. The van der Waals surface area contributed by atoms with Crippen LogP contribution in [-0.2, 0) is 52.1 Å². The van der Waals surface area contributed by atoms with Crippen LogP contribution in [0.3, 0.4) is 0 Å². The lowest BCUT2D eigenvalue weighted by Gasteiger charge is -2.45. The number of hydrogen-bond donors (Lipinski definition) is 0. The molecule has 10 atom stereocenters. The van der Waals surface area contributed by atoms with Crippen molar-refractivity contribution in [1.82, 2.24) is 0 Å². The van der Waals surface area contributed by atoms with Crippen LogP contribution < -0.4 is 0 Å². The number of fused-ring (bicyclic) bond motifs is 1. The van der Waals surface area contributed by atoms with Crippen molar-refractivity contribution >= 4 is 23.9 Å². The van der Waals surface area contributed by atoms with E-state index in [1.807, 2.05) is 0 Å². The second kappa shape index (κ2) is 20.0. The fourth-order valence-corrected chi connectivity index (χ4v) is 10.0. The molecule has 2 saturated carbocycles.